The summed E-state index contributed by atoms with van der Waals surface area (Å²) < 4.78 is 0. The first-order valence-corrected chi connectivity index (χ1v) is 4.80. The van der Waals surface area contributed by atoms with Crippen molar-refractivity contribution in [2.24, 2.45) is 5.92 Å². The minimum Gasteiger partial charge on any atom is -0.480 e. The first kappa shape index (κ1) is 13.5. The summed E-state index contributed by atoms with van der Waals surface area (Å²) in [5.74, 6) is -1.20. The first-order valence-electron chi connectivity index (χ1n) is 4.80. The highest BCUT2D eigenvalue weighted by Crippen LogP contribution is 2.01. The smallest absolute Gasteiger partial charge is 0.326 e. The lowest BCUT2D eigenvalue weighted by atomic mass is 10.1. The number of amides is 2. The van der Waals surface area contributed by atoms with Crippen LogP contribution in [0.3, 0.4) is 0 Å². The zero-order chi connectivity index (χ0) is 12.0. The molecule has 5 heteroatoms. The van der Waals surface area contributed by atoms with Gasteiger partial charge in [-0.05, 0) is 12.8 Å². The van der Waals surface area contributed by atoms with Gasteiger partial charge in [0.1, 0.15) is 6.04 Å². The molecule has 2 atom stereocenters. The Morgan fingerprint density at radius 3 is 2.13 bits per heavy atom. The van der Waals surface area contributed by atoms with Crippen LogP contribution in [-0.4, -0.2) is 29.2 Å². The first-order chi connectivity index (χ1) is 6.88. The second-order valence-corrected chi connectivity index (χ2v) is 3.70. The van der Waals surface area contributed by atoms with Gasteiger partial charge < -0.3 is 15.7 Å². The molecule has 0 aliphatic rings. The predicted octanol–water partition coefficient (Wildman–Crippen LogP) is 0.969. The van der Waals surface area contributed by atoms with Crippen molar-refractivity contribution < 1.29 is 14.7 Å². The van der Waals surface area contributed by atoms with E-state index in [2.05, 4.69) is 17.2 Å². The lowest BCUT2D eigenvalue weighted by Gasteiger charge is -2.19. The highest BCUT2D eigenvalue weighted by atomic mass is 16.4. The molecule has 5 nitrogen and oxygen atoms in total. The van der Waals surface area contributed by atoms with Crippen LogP contribution in [0.2, 0.25) is 0 Å². The number of rotatable bonds is 5. The summed E-state index contributed by atoms with van der Waals surface area (Å²) in [4.78, 5) is 22.1. The van der Waals surface area contributed by atoms with Gasteiger partial charge in [-0.1, -0.05) is 19.9 Å². The highest BCUT2D eigenvalue weighted by Gasteiger charge is 2.23. The quantitative estimate of drug-likeness (QED) is 0.597. The predicted molar refractivity (Wildman–Crippen MR) is 57.6 cm³/mol. The molecule has 0 saturated heterocycles. The molecule has 0 fully saturated rings. The molecular weight excluding hydrogens is 196 g/mol. The number of urea groups is 1. The minimum atomic E-state index is -1.04. The zero-order valence-electron chi connectivity index (χ0n) is 9.28. The molecule has 2 amide bonds. The molecule has 0 aromatic heterocycles. The number of nitrogens with one attached hydrogen (secondary N) is 2. The Morgan fingerprint density at radius 2 is 1.80 bits per heavy atom. The summed E-state index contributed by atoms with van der Waals surface area (Å²) in [7, 11) is 0. The molecule has 0 aliphatic carbocycles. The van der Waals surface area contributed by atoms with Gasteiger partial charge >= 0.3 is 12.0 Å². The molecule has 0 aromatic rings. The number of hydrogen-bond acceptors (Lipinski definition) is 2. The Hall–Kier alpha value is -1.52. The van der Waals surface area contributed by atoms with E-state index >= 15 is 0 Å². The fraction of sp³-hybridized carbons (Fsp3) is 0.600. The minimum absolute atomic E-state index is 0.160. The number of carbonyl (C=O) groups excluding carboxylic acids is 1. The molecule has 0 radical (unpaired) electrons. The van der Waals surface area contributed by atoms with Gasteiger partial charge in [0.2, 0.25) is 0 Å². The second-order valence-electron chi connectivity index (χ2n) is 3.70. The van der Waals surface area contributed by atoms with Gasteiger partial charge in [0.05, 0.1) is 0 Å². The van der Waals surface area contributed by atoms with E-state index in [-0.39, 0.29) is 12.0 Å². The maximum Gasteiger partial charge on any atom is 0.326 e. The molecular formula is C10H18N2O3. The maximum atomic E-state index is 11.3. The lowest BCUT2D eigenvalue weighted by Crippen LogP contribution is -2.50. The molecule has 0 heterocycles. The average molecular weight is 214 g/mol. The Bertz CT molecular complexity index is 251. The van der Waals surface area contributed by atoms with E-state index in [9.17, 15) is 9.59 Å². The van der Waals surface area contributed by atoms with Gasteiger partial charge in [0.25, 0.3) is 0 Å². The van der Waals surface area contributed by atoms with E-state index < -0.39 is 18.0 Å². The van der Waals surface area contributed by atoms with Gasteiger partial charge in [0, 0.05) is 6.04 Å². The topological polar surface area (TPSA) is 78.4 Å². The van der Waals surface area contributed by atoms with E-state index in [1.54, 1.807) is 26.8 Å². The van der Waals surface area contributed by atoms with E-state index in [0.29, 0.717) is 0 Å². The van der Waals surface area contributed by atoms with E-state index in [4.69, 9.17) is 5.11 Å². The van der Waals surface area contributed by atoms with Crippen LogP contribution in [0.25, 0.3) is 0 Å². The molecule has 2 unspecified atom stereocenters. The number of carbonyl (C=O) groups is 2. The van der Waals surface area contributed by atoms with Crippen molar-refractivity contribution in [2.45, 2.75) is 32.9 Å². The number of hydrogen-bond donors (Lipinski definition) is 3. The third-order valence-corrected chi connectivity index (χ3v) is 1.93. The van der Waals surface area contributed by atoms with Crippen molar-refractivity contribution in [1.82, 2.24) is 10.6 Å². The summed E-state index contributed by atoms with van der Waals surface area (Å²) in [5.41, 5.74) is 0. The SMILES string of the molecule is C=CC(C)NC(=O)NC(C(=O)O)C(C)C. The van der Waals surface area contributed by atoms with Crippen molar-refractivity contribution >= 4 is 12.0 Å². The molecule has 15 heavy (non-hydrogen) atoms. The van der Waals surface area contributed by atoms with Crippen LogP contribution in [0.4, 0.5) is 4.79 Å². The van der Waals surface area contributed by atoms with E-state index in [0.717, 1.165) is 0 Å². The molecule has 0 bridgehead atoms. The van der Waals surface area contributed by atoms with Crippen LogP contribution in [0.15, 0.2) is 12.7 Å². The van der Waals surface area contributed by atoms with Crippen LogP contribution in [0.5, 0.6) is 0 Å². The van der Waals surface area contributed by atoms with Crippen LogP contribution >= 0.6 is 0 Å². The Labute approximate surface area is 89.6 Å². The number of carboxylic acid groups (broad SMARTS) is 1. The van der Waals surface area contributed by atoms with Crippen molar-refractivity contribution in [2.75, 3.05) is 0 Å². The normalized spacial score (nSPS) is 14.1. The van der Waals surface area contributed by atoms with Crippen LogP contribution in [0, 0.1) is 5.92 Å². The molecule has 86 valence electrons. The second kappa shape index (κ2) is 6.06. The van der Waals surface area contributed by atoms with Gasteiger partial charge in [-0.15, -0.1) is 6.58 Å². The van der Waals surface area contributed by atoms with E-state index in [1.807, 2.05) is 0 Å². The largest absolute Gasteiger partial charge is 0.480 e. The van der Waals surface area contributed by atoms with Crippen LogP contribution < -0.4 is 10.6 Å². The van der Waals surface area contributed by atoms with Crippen molar-refractivity contribution in [1.29, 1.82) is 0 Å². The van der Waals surface area contributed by atoms with E-state index in [1.165, 1.54) is 0 Å². The third kappa shape index (κ3) is 5.05. The molecule has 3 N–H and O–H groups in total. The standard InChI is InChI=1S/C10H18N2O3/c1-5-7(4)11-10(15)12-8(6(2)3)9(13)14/h5-8H,1H2,2-4H3,(H,13,14)(H2,11,12,15). The van der Waals surface area contributed by atoms with Crippen LogP contribution in [-0.2, 0) is 4.79 Å². The summed E-state index contributed by atoms with van der Waals surface area (Å²) in [6.45, 7) is 8.72. The van der Waals surface area contributed by atoms with Gasteiger partial charge in [-0.3, -0.25) is 0 Å². The molecule has 0 saturated carbocycles. The van der Waals surface area contributed by atoms with Crippen molar-refractivity contribution in [3.8, 4) is 0 Å². The van der Waals surface area contributed by atoms with Crippen LogP contribution in [0.1, 0.15) is 20.8 Å². The summed E-state index contributed by atoms with van der Waals surface area (Å²) in [6, 6.07) is -1.56. The van der Waals surface area contributed by atoms with Gasteiger partial charge in [-0.25, -0.2) is 9.59 Å². The average Bonchev–Trinajstić information content (AvgIpc) is 2.12. The summed E-state index contributed by atoms with van der Waals surface area (Å²) in [5, 5.41) is 13.7. The summed E-state index contributed by atoms with van der Waals surface area (Å²) >= 11 is 0. The zero-order valence-corrected chi connectivity index (χ0v) is 9.28. The summed E-state index contributed by atoms with van der Waals surface area (Å²) in [6.07, 6.45) is 1.56. The molecule has 0 spiro atoms. The molecule has 0 aromatic carbocycles. The fourth-order valence-corrected chi connectivity index (χ4v) is 0.962. The Balaban J connectivity index is 4.24. The number of carboxylic acids is 1. The van der Waals surface area contributed by atoms with Gasteiger partial charge in [-0.2, -0.15) is 0 Å². The monoisotopic (exact) mass is 214 g/mol. The van der Waals surface area contributed by atoms with Crippen molar-refractivity contribution in [3.05, 3.63) is 12.7 Å². The lowest BCUT2D eigenvalue weighted by molar-refractivity contribution is -0.140. The molecule has 0 rings (SSSR count). The Kier molecular flexibility index (Phi) is 5.44. The Morgan fingerprint density at radius 1 is 1.27 bits per heavy atom. The fourth-order valence-electron chi connectivity index (χ4n) is 0.962. The van der Waals surface area contributed by atoms with Crippen molar-refractivity contribution in [3.63, 3.8) is 0 Å². The highest BCUT2D eigenvalue weighted by molar-refractivity contribution is 5.82. The number of aliphatic carboxylic acids is 1. The third-order valence-electron chi connectivity index (χ3n) is 1.93. The maximum absolute atomic E-state index is 11.3. The molecule has 0 aliphatic heterocycles. The van der Waals surface area contributed by atoms with Gasteiger partial charge in [0.15, 0.2) is 0 Å².